The fraction of sp³-hybridized carbons (Fsp3) is 0. The van der Waals surface area contributed by atoms with Gasteiger partial charge in [-0.15, -0.1) is 0 Å². The molecule has 0 saturated carbocycles. The van der Waals surface area contributed by atoms with Gasteiger partial charge in [-0.2, -0.15) is 0 Å². The first-order valence-electron chi connectivity index (χ1n) is 10.0. The number of H-pyrrole nitrogens is 3. The molecule has 160 valence electrons. The Morgan fingerprint density at radius 2 is 1.88 bits per heavy atom. The molecule has 0 aliphatic rings. The van der Waals surface area contributed by atoms with Crippen LogP contribution in [0, 0.1) is 0 Å². The molecule has 10 heteroatoms. The van der Waals surface area contributed by atoms with E-state index in [-0.39, 0.29) is 16.6 Å². The highest BCUT2D eigenvalue weighted by molar-refractivity contribution is 6.15. The van der Waals surface area contributed by atoms with E-state index in [2.05, 4.69) is 35.2 Å². The van der Waals surface area contributed by atoms with E-state index < -0.39 is 5.97 Å². The molecule has 0 radical (unpaired) electrons. The van der Waals surface area contributed by atoms with Gasteiger partial charge in [0.15, 0.2) is 0 Å². The lowest BCUT2D eigenvalue weighted by Crippen LogP contribution is -2.07. The Bertz CT molecular complexity index is 1730. The minimum atomic E-state index is -1.11. The Labute approximate surface area is 184 Å². The molecule has 0 aliphatic heterocycles. The molecule has 0 bridgehead atoms. The average molecular weight is 437 g/mol. The maximum atomic E-state index is 12.3. The number of aromatic carboxylic acids is 1. The van der Waals surface area contributed by atoms with Crippen LogP contribution in [0.25, 0.3) is 44.1 Å². The minimum absolute atomic E-state index is 0.0354. The van der Waals surface area contributed by atoms with E-state index in [0.29, 0.717) is 33.9 Å². The van der Waals surface area contributed by atoms with Gasteiger partial charge < -0.3 is 20.1 Å². The molecule has 0 spiro atoms. The Hall–Kier alpha value is -4.99. The second-order valence-electron chi connectivity index (χ2n) is 7.47. The van der Waals surface area contributed by atoms with E-state index in [1.54, 1.807) is 24.4 Å². The zero-order chi connectivity index (χ0) is 22.5. The summed E-state index contributed by atoms with van der Waals surface area (Å²) in [6.07, 6.45) is 2.95. The van der Waals surface area contributed by atoms with Crippen molar-refractivity contribution in [1.29, 1.82) is 0 Å². The number of pyridine rings is 1. The van der Waals surface area contributed by atoms with E-state index in [0.717, 1.165) is 16.6 Å². The van der Waals surface area contributed by atoms with Crippen LogP contribution in [0.3, 0.4) is 0 Å². The summed E-state index contributed by atoms with van der Waals surface area (Å²) < 4.78 is 0. The Morgan fingerprint density at radius 1 is 1.00 bits per heavy atom. The van der Waals surface area contributed by atoms with Crippen LogP contribution in [-0.4, -0.2) is 41.0 Å². The van der Waals surface area contributed by atoms with Crippen molar-refractivity contribution < 1.29 is 9.90 Å². The molecule has 4 aromatic heterocycles. The standard InChI is InChI=1S/C23H15N7O3/c31-20-19-18(13(10-25-19)21(32)33)12-9-11(5-6-15(12)26-20)14-7-8-24-22(27-14)30-23-28-16-3-1-2-4-17(16)29-23/h1-10,25H,(H,26,31)(H,32,33)(H2,24,27,28,29,30). The van der Waals surface area contributed by atoms with E-state index >= 15 is 0 Å². The molecule has 5 N–H and O–H groups in total. The van der Waals surface area contributed by atoms with Crippen molar-refractivity contribution in [2.75, 3.05) is 5.32 Å². The van der Waals surface area contributed by atoms with Crippen molar-refractivity contribution in [2.45, 2.75) is 0 Å². The molecule has 0 amide bonds. The predicted molar refractivity (Wildman–Crippen MR) is 124 cm³/mol. The summed E-state index contributed by atoms with van der Waals surface area (Å²) in [6.45, 7) is 0. The van der Waals surface area contributed by atoms with Crippen LogP contribution in [0.1, 0.15) is 10.4 Å². The maximum Gasteiger partial charge on any atom is 0.337 e. The number of carboxylic acid groups (broad SMARTS) is 1. The number of nitrogens with zero attached hydrogens (tertiary/aromatic N) is 3. The van der Waals surface area contributed by atoms with Gasteiger partial charge >= 0.3 is 5.97 Å². The summed E-state index contributed by atoms with van der Waals surface area (Å²) in [5, 5.41) is 13.6. The Kier molecular flexibility index (Phi) is 3.99. The minimum Gasteiger partial charge on any atom is -0.478 e. The molecular formula is C23H15N7O3. The van der Waals surface area contributed by atoms with Crippen LogP contribution in [0.4, 0.5) is 11.9 Å². The number of anilines is 2. The summed E-state index contributed by atoms with van der Waals surface area (Å²) in [6, 6.07) is 14.8. The lowest BCUT2D eigenvalue weighted by molar-refractivity contribution is 0.0699. The average Bonchev–Trinajstić information content (AvgIpc) is 3.44. The van der Waals surface area contributed by atoms with Crippen LogP contribution >= 0.6 is 0 Å². The van der Waals surface area contributed by atoms with Crippen LogP contribution in [0.5, 0.6) is 0 Å². The molecule has 6 aromatic rings. The van der Waals surface area contributed by atoms with Crippen LogP contribution in [0.15, 0.2) is 65.7 Å². The molecule has 2 aromatic carbocycles. The quantitative estimate of drug-likeness (QED) is 0.281. The number of fused-ring (bicyclic) bond motifs is 4. The Balaban J connectivity index is 1.44. The predicted octanol–water partition coefficient (Wildman–Crippen LogP) is 3.78. The van der Waals surface area contributed by atoms with Crippen molar-refractivity contribution >= 4 is 50.7 Å². The van der Waals surface area contributed by atoms with Gasteiger partial charge in [0.05, 0.1) is 22.3 Å². The number of rotatable bonds is 4. The van der Waals surface area contributed by atoms with Crippen LogP contribution in [-0.2, 0) is 0 Å². The zero-order valence-electron chi connectivity index (χ0n) is 16.9. The van der Waals surface area contributed by atoms with Gasteiger partial charge in [0, 0.05) is 34.2 Å². The lowest BCUT2D eigenvalue weighted by Gasteiger charge is -2.07. The van der Waals surface area contributed by atoms with Gasteiger partial charge in [0.1, 0.15) is 5.52 Å². The third kappa shape index (κ3) is 3.08. The molecule has 0 fully saturated rings. The van der Waals surface area contributed by atoms with Crippen LogP contribution in [0.2, 0.25) is 0 Å². The molecule has 6 rings (SSSR count). The third-order valence-electron chi connectivity index (χ3n) is 5.45. The number of benzene rings is 2. The van der Waals surface area contributed by atoms with Crippen molar-refractivity contribution in [3.63, 3.8) is 0 Å². The highest BCUT2D eigenvalue weighted by atomic mass is 16.4. The summed E-state index contributed by atoms with van der Waals surface area (Å²) in [7, 11) is 0. The van der Waals surface area contributed by atoms with Gasteiger partial charge in [-0.25, -0.2) is 19.7 Å². The number of aromatic nitrogens is 6. The number of carboxylic acids is 1. The largest absolute Gasteiger partial charge is 0.478 e. The van der Waals surface area contributed by atoms with Gasteiger partial charge in [0.2, 0.25) is 11.9 Å². The van der Waals surface area contributed by atoms with Crippen molar-refractivity contribution in [3.8, 4) is 11.3 Å². The number of para-hydroxylation sites is 2. The third-order valence-corrected chi connectivity index (χ3v) is 5.45. The summed E-state index contributed by atoms with van der Waals surface area (Å²) in [4.78, 5) is 46.1. The summed E-state index contributed by atoms with van der Waals surface area (Å²) >= 11 is 0. The van der Waals surface area contributed by atoms with E-state index in [1.165, 1.54) is 6.20 Å². The lowest BCUT2D eigenvalue weighted by atomic mass is 10.0. The molecule has 33 heavy (non-hydrogen) atoms. The van der Waals surface area contributed by atoms with Gasteiger partial charge in [-0.05, 0) is 30.3 Å². The first kappa shape index (κ1) is 18.8. The van der Waals surface area contributed by atoms with E-state index in [1.807, 2.05) is 30.3 Å². The number of nitrogens with one attached hydrogen (secondary N) is 4. The molecular weight excluding hydrogens is 422 g/mol. The maximum absolute atomic E-state index is 12.3. The highest BCUT2D eigenvalue weighted by Gasteiger charge is 2.17. The molecule has 0 aliphatic carbocycles. The molecule has 4 heterocycles. The summed E-state index contributed by atoms with van der Waals surface area (Å²) in [5.74, 6) is -0.242. The first-order valence-corrected chi connectivity index (χ1v) is 10.0. The monoisotopic (exact) mass is 437 g/mol. The fourth-order valence-electron chi connectivity index (χ4n) is 3.95. The second-order valence-corrected chi connectivity index (χ2v) is 7.47. The van der Waals surface area contributed by atoms with Gasteiger partial charge in [-0.1, -0.05) is 18.2 Å². The normalized spacial score (nSPS) is 11.4. The SMILES string of the molecule is O=C(O)c1c[nH]c2c(=O)[nH]c3ccc(-c4ccnc(Nc5nc6ccccc6[nH]5)n4)cc3c12. The fourth-order valence-corrected chi connectivity index (χ4v) is 3.95. The number of imidazole rings is 1. The number of hydrogen-bond donors (Lipinski definition) is 5. The first-order chi connectivity index (χ1) is 16.1. The molecule has 0 saturated heterocycles. The second kappa shape index (κ2) is 7.02. The molecule has 10 nitrogen and oxygen atoms in total. The number of hydrogen-bond acceptors (Lipinski definition) is 6. The van der Waals surface area contributed by atoms with E-state index in [4.69, 9.17) is 0 Å². The summed E-state index contributed by atoms with van der Waals surface area (Å²) in [5.41, 5.74) is 3.49. The molecule has 0 atom stereocenters. The van der Waals surface area contributed by atoms with Crippen LogP contribution < -0.4 is 10.9 Å². The van der Waals surface area contributed by atoms with E-state index in [9.17, 15) is 14.7 Å². The van der Waals surface area contributed by atoms with Crippen molar-refractivity contribution in [1.82, 2.24) is 29.9 Å². The van der Waals surface area contributed by atoms with Crippen molar-refractivity contribution in [2.24, 2.45) is 0 Å². The topological polar surface area (TPSA) is 152 Å². The smallest absolute Gasteiger partial charge is 0.337 e. The van der Waals surface area contributed by atoms with Crippen molar-refractivity contribution in [3.05, 3.63) is 76.8 Å². The van der Waals surface area contributed by atoms with Gasteiger partial charge in [0.25, 0.3) is 5.56 Å². The molecule has 0 unspecified atom stereocenters. The zero-order valence-corrected chi connectivity index (χ0v) is 16.9. The Morgan fingerprint density at radius 3 is 2.73 bits per heavy atom. The number of aromatic amines is 3. The number of carbonyl (C=O) groups is 1. The highest BCUT2D eigenvalue weighted by Crippen LogP contribution is 2.29. The van der Waals surface area contributed by atoms with Gasteiger partial charge in [-0.3, -0.25) is 10.1 Å².